The Morgan fingerprint density at radius 2 is 1.75 bits per heavy atom. The van der Waals surface area contributed by atoms with Crippen molar-refractivity contribution in [3.63, 3.8) is 0 Å². The second-order valence-electron chi connectivity index (χ2n) is 6.81. The lowest BCUT2D eigenvalue weighted by Crippen LogP contribution is -2.20. The number of nitrogens with one attached hydrogen (secondary N) is 1. The Morgan fingerprint density at radius 3 is 2.54 bits per heavy atom. The molecule has 4 aromatic rings. The minimum Gasteiger partial charge on any atom is -0.324 e. The largest absolute Gasteiger partial charge is 0.324 e. The van der Waals surface area contributed by atoms with Crippen molar-refractivity contribution in [2.45, 2.75) is 20.4 Å². The van der Waals surface area contributed by atoms with Crippen LogP contribution in [0.2, 0.25) is 5.02 Å². The Kier molecular flexibility index (Phi) is 4.88. The maximum Gasteiger partial charge on any atom is 0.244 e. The molecule has 0 unspecified atom stereocenters. The van der Waals surface area contributed by atoms with Gasteiger partial charge in [-0.1, -0.05) is 35.9 Å². The molecule has 3 aromatic carbocycles. The summed E-state index contributed by atoms with van der Waals surface area (Å²) in [6, 6.07) is 21.2. The number of carbonyl (C=O) groups excluding carboxylic acids is 1. The van der Waals surface area contributed by atoms with E-state index in [0.29, 0.717) is 5.02 Å². The third-order valence-corrected chi connectivity index (χ3v) is 5.19. The Morgan fingerprint density at radius 1 is 1.00 bits per heavy atom. The van der Waals surface area contributed by atoms with E-state index in [1.165, 1.54) is 0 Å². The number of fused-ring (bicyclic) bond motifs is 1. The lowest BCUT2D eigenvalue weighted by Gasteiger charge is -2.13. The van der Waals surface area contributed by atoms with E-state index in [0.717, 1.165) is 39.2 Å². The number of aryl methyl sites for hydroxylation is 1. The van der Waals surface area contributed by atoms with Gasteiger partial charge in [0, 0.05) is 16.3 Å². The molecule has 5 heteroatoms. The molecule has 0 atom stereocenters. The summed E-state index contributed by atoms with van der Waals surface area (Å²) in [5, 5.41) is 3.70. The molecule has 0 fully saturated rings. The first-order valence-electron chi connectivity index (χ1n) is 9.10. The molecule has 28 heavy (non-hydrogen) atoms. The van der Waals surface area contributed by atoms with E-state index >= 15 is 0 Å². The van der Waals surface area contributed by atoms with Gasteiger partial charge in [0.25, 0.3) is 0 Å². The highest BCUT2D eigenvalue weighted by atomic mass is 35.5. The number of amides is 1. The number of para-hydroxylation sites is 2. The van der Waals surface area contributed by atoms with E-state index in [9.17, 15) is 4.79 Å². The molecule has 4 nitrogen and oxygen atoms in total. The molecule has 0 spiro atoms. The molecule has 140 valence electrons. The first-order chi connectivity index (χ1) is 13.5. The average molecular weight is 390 g/mol. The molecule has 0 radical (unpaired) electrons. The second-order valence-corrected chi connectivity index (χ2v) is 7.25. The van der Waals surface area contributed by atoms with Crippen molar-refractivity contribution in [1.82, 2.24) is 9.55 Å². The second kappa shape index (κ2) is 7.49. The van der Waals surface area contributed by atoms with Crippen LogP contribution in [0.15, 0.2) is 66.7 Å². The lowest BCUT2D eigenvalue weighted by atomic mass is 10.1. The van der Waals surface area contributed by atoms with E-state index in [1.54, 1.807) is 0 Å². The van der Waals surface area contributed by atoms with Crippen molar-refractivity contribution in [1.29, 1.82) is 0 Å². The predicted octanol–water partition coefficient (Wildman–Crippen LogP) is 5.61. The Labute approximate surface area is 168 Å². The summed E-state index contributed by atoms with van der Waals surface area (Å²) < 4.78 is 1.94. The maximum atomic E-state index is 12.8. The van der Waals surface area contributed by atoms with Crippen LogP contribution < -0.4 is 5.32 Å². The van der Waals surface area contributed by atoms with Gasteiger partial charge in [0.1, 0.15) is 12.4 Å². The number of rotatable bonds is 4. The summed E-state index contributed by atoms with van der Waals surface area (Å²) >= 11 is 6.03. The minimum absolute atomic E-state index is 0.0907. The molecule has 1 amide bonds. The van der Waals surface area contributed by atoms with Crippen LogP contribution in [0, 0.1) is 13.8 Å². The van der Waals surface area contributed by atoms with Crippen LogP contribution in [0.5, 0.6) is 0 Å². The molecule has 1 N–H and O–H groups in total. The number of imidazole rings is 1. The molecule has 0 aliphatic carbocycles. The van der Waals surface area contributed by atoms with Gasteiger partial charge in [-0.25, -0.2) is 4.98 Å². The zero-order valence-electron chi connectivity index (χ0n) is 15.7. The topological polar surface area (TPSA) is 46.9 Å². The van der Waals surface area contributed by atoms with Gasteiger partial charge in [0.15, 0.2) is 0 Å². The van der Waals surface area contributed by atoms with Crippen molar-refractivity contribution in [3.8, 4) is 11.4 Å². The van der Waals surface area contributed by atoms with Crippen LogP contribution in [-0.2, 0) is 11.3 Å². The Balaban J connectivity index is 1.71. The summed E-state index contributed by atoms with van der Waals surface area (Å²) in [7, 11) is 0. The van der Waals surface area contributed by atoms with Crippen molar-refractivity contribution in [3.05, 3.63) is 82.9 Å². The molecule has 1 heterocycles. The number of anilines is 1. The van der Waals surface area contributed by atoms with Crippen LogP contribution in [-0.4, -0.2) is 15.5 Å². The third kappa shape index (κ3) is 3.51. The van der Waals surface area contributed by atoms with Crippen LogP contribution in [0.25, 0.3) is 22.4 Å². The lowest BCUT2D eigenvalue weighted by molar-refractivity contribution is -0.116. The Hall–Kier alpha value is -3.11. The molecule has 0 aliphatic rings. The SMILES string of the molecule is Cc1cccc(NC(=O)Cn2c(-c3ccc(Cl)cc3)nc3ccccc32)c1C. The highest BCUT2D eigenvalue weighted by Crippen LogP contribution is 2.26. The van der Waals surface area contributed by atoms with Gasteiger partial charge in [-0.3, -0.25) is 4.79 Å². The number of aromatic nitrogens is 2. The van der Waals surface area contributed by atoms with Crippen LogP contribution in [0.4, 0.5) is 5.69 Å². The normalized spacial score (nSPS) is 11.0. The molecule has 0 aliphatic heterocycles. The number of hydrogen-bond donors (Lipinski definition) is 1. The highest BCUT2D eigenvalue weighted by molar-refractivity contribution is 6.30. The van der Waals surface area contributed by atoms with Gasteiger partial charge in [-0.2, -0.15) is 0 Å². The van der Waals surface area contributed by atoms with E-state index in [2.05, 4.69) is 5.32 Å². The summed E-state index contributed by atoms with van der Waals surface area (Å²) in [6.45, 7) is 4.22. The highest BCUT2D eigenvalue weighted by Gasteiger charge is 2.16. The molecule has 0 saturated heterocycles. The van der Waals surface area contributed by atoms with Crippen molar-refractivity contribution in [2.75, 3.05) is 5.32 Å². The molecule has 4 rings (SSSR count). The fourth-order valence-corrected chi connectivity index (χ4v) is 3.40. The number of hydrogen-bond acceptors (Lipinski definition) is 2. The molecule has 1 aromatic heterocycles. The first-order valence-corrected chi connectivity index (χ1v) is 9.48. The van der Waals surface area contributed by atoms with Crippen molar-refractivity contribution in [2.24, 2.45) is 0 Å². The molecule has 0 bridgehead atoms. The fraction of sp³-hybridized carbons (Fsp3) is 0.130. The zero-order chi connectivity index (χ0) is 19.7. The maximum absolute atomic E-state index is 12.8. The number of halogens is 1. The van der Waals surface area contributed by atoms with Gasteiger partial charge >= 0.3 is 0 Å². The van der Waals surface area contributed by atoms with Gasteiger partial charge < -0.3 is 9.88 Å². The smallest absolute Gasteiger partial charge is 0.244 e. The van der Waals surface area contributed by atoms with Crippen LogP contribution in [0.3, 0.4) is 0 Å². The number of benzene rings is 3. The van der Waals surface area contributed by atoms with Crippen LogP contribution >= 0.6 is 11.6 Å². The third-order valence-electron chi connectivity index (χ3n) is 4.94. The summed E-state index contributed by atoms with van der Waals surface area (Å²) in [5.74, 6) is 0.654. The van der Waals surface area contributed by atoms with Gasteiger partial charge in [0.05, 0.1) is 11.0 Å². The first kappa shape index (κ1) is 18.3. The van der Waals surface area contributed by atoms with Crippen LogP contribution in [0.1, 0.15) is 11.1 Å². The minimum atomic E-state index is -0.0907. The predicted molar refractivity (Wildman–Crippen MR) is 115 cm³/mol. The quantitative estimate of drug-likeness (QED) is 0.493. The molecular formula is C23H20ClN3O. The van der Waals surface area contributed by atoms with Crippen molar-refractivity contribution < 1.29 is 4.79 Å². The van der Waals surface area contributed by atoms with E-state index in [4.69, 9.17) is 16.6 Å². The summed E-state index contributed by atoms with van der Waals surface area (Å²) in [4.78, 5) is 17.6. The van der Waals surface area contributed by atoms with Crippen molar-refractivity contribution >= 4 is 34.2 Å². The summed E-state index contributed by atoms with van der Waals surface area (Å²) in [5.41, 5.74) is 5.75. The molecule has 0 saturated carbocycles. The van der Waals surface area contributed by atoms with E-state index in [1.807, 2.05) is 85.1 Å². The fourth-order valence-electron chi connectivity index (χ4n) is 3.27. The number of nitrogens with zero attached hydrogens (tertiary/aromatic N) is 2. The standard InChI is InChI=1S/C23H20ClN3O/c1-15-6-5-8-19(16(15)2)25-22(28)14-27-21-9-4-3-7-20(21)26-23(27)17-10-12-18(24)13-11-17/h3-13H,14H2,1-2H3,(H,25,28). The summed E-state index contributed by atoms with van der Waals surface area (Å²) in [6.07, 6.45) is 0. The molecular weight excluding hydrogens is 370 g/mol. The number of carbonyl (C=O) groups is 1. The van der Waals surface area contributed by atoms with E-state index < -0.39 is 0 Å². The average Bonchev–Trinajstić information content (AvgIpc) is 3.04. The zero-order valence-corrected chi connectivity index (χ0v) is 16.5. The Bertz CT molecular complexity index is 1160. The van der Waals surface area contributed by atoms with E-state index in [-0.39, 0.29) is 12.5 Å². The van der Waals surface area contributed by atoms with Gasteiger partial charge in [-0.05, 0) is 67.4 Å². The van der Waals surface area contributed by atoms with Gasteiger partial charge in [0.2, 0.25) is 5.91 Å². The van der Waals surface area contributed by atoms with Gasteiger partial charge in [-0.15, -0.1) is 0 Å². The monoisotopic (exact) mass is 389 g/mol.